The van der Waals surface area contributed by atoms with E-state index < -0.39 is 23.4 Å². The summed E-state index contributed by atoms with van der Waals surface area (Å²) in [5.41, 5.74) is -1.83. The number of anilines is 1. The summed E-state index contributed by atoms with van der Waals surface area (Å²) in [6.07, 6.45) is -1.76. The molecule has 0 bridgehead atoms. The van der Waals surface area contributed by atoms with Gasteiger partial charge in [-0.2, -0.15) is 13.2 Å². The highest BCUT2D eigenvalue weighted by Gasteiger charge is 2.59. The Morgan fingerprint density at radius 2 is 2.03 bits per heavy atom. The van der Waals surface area contributed by atoms with Gasteiger partial charge in [0, 0.05) is 23.4 Å². The summed E-state index contributed by atoms with van der Waals surface area (Å²) in [7, 11) is 0. The molecule has 5 rings (SSSR count). The summed E-state index contributed by atoms with van der Waals surface area (Å²) in [6.45, 7) is 0.0911. The molecule has 1 atom stereocenters. The highest BCUT2D eigenvalue weighted by molar-refractivity contribution is 5.95. The molecule has 1 aliphatic carbocycles. The Labute approximate surface area is 173 Å². The summed E-state index contributed by atoms with van der Waals surface area (Å²) < 4.78 is 43.9. The van der Waals surface area contributed by atoms with E-state index in [1.54, 1.807) is 18.3 Å². The number of nitrogens with zero attached hydrogens (tertiary/aromatic N) is 2. The van der Waals surface area contributed by atoms with Crippen molar-refractivity contribution in [2.24, 2.45) is 5.92 Å². The van der Waals surface area contributed by atoms with Crippen LogP contribution in [0.15, 0.2) is 41.3 Å². The zero-order chi connectivity index (χ0) is 21.8. The van der Waals surface area contributed by atoms with Crippen molar-refractivity contribution in [3.63, 3.8) is 0 Å². The summed E-state index contributed by atoms with van der Waals surface area (Å²) >= 11 is 0. The highest BCUT2D eigenvalue weighted by Crippen LogP contribution is 2.44. The number of rotatable bonds is 2. The second kappa shape index (κ2) is 6.63. The number of fused-ring (bicyclic) bond motifs is 2. The van der Waals surface area contributed by atoms with Gasteiger partial charge in [-0.1, -0.05) is 24.0 Å². The van der Waals surface area contributed by atoms with Crippen LogP contribution >= 0.6 is 0 Å². The minimum absolute atomic E-state index is 0.00897. The predicted molar refractivity (Wildman–Crippen MR) is 106 cm³/mol. The fourth-order valence-electron chi connectivity index (χ4n) is 3.67. The van der Waals surface area contributed by atoms with Crippen molar-refractivity contribution in [2.75, 3.05) is 5.32 Å². The predicted octanol–water partition coefficient (Wildman–Crippen LogP) is 3.08. The summed E-state index contributed by atoms with van der Waals surface area (Å²) in [4.78, 5) is 31.2. The summed E-state index contributed by atoms with van der Waals surface area (Å²) in [5.74, 6) is 4.88. The van der Waals surface area contributed by atoms with Crippen LogP contribution in [0.4, 0.5) is 23.7 Å². The van der Waals surface area contributed by atoms with Crippen LogP contribution in [0, 0.1) is 17.8 Å². The second-order valence-corrected chi connectivity index (χ2v) is 7.64. The van der Waals surface area contributed by atoms with Gasteiger partial charge in [0.25, 0.3) is 0 Å². The van der Waals surface area contributed by atoms with Crippen molar-refractivity contribution >= 4 is 22.9 Å². The number of aromatic amines is 1. The number of nitrogens with one attached hydrogen (secondary N) is 3. The molecule has 1 fully saturated rings. The third kappa shape index (κ3) is 3.22. The lowest BCUT2D eigenvalue weighted by Crippen LogP contribution is -2.59. The van der Waals surface area contributed by atoms with Gasteiger partial charge in [-0.3, -0.25) is 9.55 Å². The number of aromatic nitrogens is 3. The number of amides is 2. The molecule has 158 valence electrons. The Morgan fingerprint density at radius 3 is 2.77 bits per heavy atom. The van der Waals surface area contributed by atoms with Gasteiger partial charge in [0.15, 0.2) is 5.65 Å². The van der Waals surface area contributed by atoms with E-state index in [1.807, 2.05) is 5.32 Å². The van der Waals surface area contributed by atoms with Gasteiger partial charge in [-0.15, -0.1) is 0 Å². The molecule has 3 aromatic rings. The van der Waals surface area contributed by atoms with E-state index in [2.05, 4.69) is 27.1 Å². The molecule has 3 N–H and O–H groups in total. The van der Waals surface area contributed by atoms with Crippen LogP contribution in [0.3, 0.4) is 0 Å². The monoisotopic (exact) mass is 427 g/mol. The lowest BCUT2D eigenvalue weighted by molar-refractivity contribution is -0.178. The van der Waals surface area contributed by atoms with Gasteiger partial charge >= 0.3 is 17.9 Å². The normalized spacial score (nSPS) is 20.4. The van der Waals surface area contributed by atoms with Crippen LogP contribution in [0.2, 0.25) is 0 Å². The number of H-pyrrole nitrogens is 1. The largest absolute Gasteiger partial charge is 0.427 e. The van der Waals surface area contributed by atoms with E-state index in [0.29, 0.717) is 16.7 Å². The van der Waals surface area contributed by atoms with E-state index in [1.165, 1.54) is 22.8 Å². The molecule has 7 nitrogen and oxygen atoms in total. The number of pyridine rings is 1. The number of hydrogen-bond acceptors (Lipinski definition) is 3. The van der Waals surface area contributed by atoms with Crippen molar-refractivity contribution in [3.05, 3.63) is 58.1 Å². The molecule has 2 aliphatic rings. The third-order valence-electron chi connectivity index (χ3n) is 5.39. The highest BCUT2D eigenvalue weighted by atomic mass is 19.4. The Bertz CT molecular complexity index is 1330. The molecule has 2 amide bonds. The van der Waals surface area contributed by atoms with E-state index in [0.717, 1.165) is 12.8 Å². The van der Waals surface area contributed by atoms with Gasteiger partial charge in [-0.05, 0) is 36.6 Å². The molecule has 10 heteroatoms. The van der Waals surface area contributed by atoms with Crippen LogP contribution in [0.5, 0.6) is 0 Å². The maximum Gasteiger partial charge on any atom is 0.427 e. The molecule has 0 radical (unpaired) electrons. The van der Waals surface area contributed by atoms with Gasteiger partial charge < -0.3 is 10.6 Å². The average Bonchev–Trinajstić information content (AvgIpc) is 3.49. The van der Waals surface area contributed by atoms with Crippen LogP contribution in [0.25, 0.3) is 11.2 Å². The van der Waals surface area contributed by atoms with E-state index in [9.17, 15) is 22.8 Å². The van der Waals surface area contributed by atoms with Crippen molar-refractivity contribution in [1.82, 2.24) is 19.9 Å². The number of carbonyl (C=O) groups excluding carboxylic acids is 1. The maximum atomic E-state index is 14.2. The van der Waals surface area contributed by atoms with Crippen molar-refractivity contribution in [1.29, 1.82) is 0 Å². The maximum absolute atomic E-state index is 14.2. The topological polar surface area (TPSA) is 91.8 Å². The molecular weight excluding hydrogens is 411 g/mol. The number of benzene rings is 1. The van der Waals surface area contributed by atoms with E-state index >= 15 is 0 Å². The molecule has 1 aliphatic heterocycles. The molecule has 0 saturated heterocycles. The first-order valence-electron chi connectivity index (χ1n) is 9.62. The summed E-state index contributed by atoms with van der Waals surface area (Å²) in [6, 6.07) is 6.65. The number of imidazole rings is 1. The Morgan fingerprint density at radius 1 is 1.23 bits per heavy atom. The fourth-order valence-corrected chi connectivity index (χ4v) is 3.67. The quantitative estimate of drug-likeness (QED) is 0.549. The first-order valence-corrected chi connectivity index (χ1v) is 9.62. The minimum Gasteiger partial charge on any atom is -0.310 e. The van der Waals surface area contributed by atoms with E-state index in [4.69, 9.17) is 0 Å². The van der Waals surface area contributed by atoms with Gasteiger partial charge in [0.2, 0.25) is 5.54 Å². The van der Waals surface area contributed by atoms with Crippen LogP contribution in [-0.2, 0) is 12.1 Å². The van der Waals surface area contributed by atoms with Crippen LogP contribution in [0.1, 0.15) is 24.0 Å². The van der Waals surface area contributed by atoms with Gasteiger partial charge in [0.05, 0.1) is 12.1 Å². The average molecular weight is 427 g/mol. The molecule has 31 heavy (non-hydrogen) atoms. The first-order chi connectivity index (χ1) is 14.8. The molecular formula is C21H16F3N5O2. The number of hydrogen-bond donors (Lipinski definition) is 3. The second-order valence-electron chi connectivity index (χ2n) is 7.64. The molecule has 0 spiro atoms. The smallest absolute Gasteiger partial charge is 0.310 e. The Balaban J connectivity index is 1.59. The Kier molecular flexibility index (Phi) is 4.12. The molecule has 1 saturated carbocycles. The Hall–Kier alpha value is -3.74. The molecule has 2 aromatic heterocycles. The van der Waals surface area contributed by atoms with Gasteiger partial charge in [-0.25, -0.2) is 14.6 Å². The molecule has 1 aromatic carbocycles. The molecule has 0 unspecified atom stereocenters. The standard InChI is InChI=1S/C21H16F3N5O2/c22-21(23,24)20(8-7-12-3-4-12)14-6-5-13(10-15(14)26-18(30)28-20)11-29-16-2-1-9-25-17(16)27-19(29)31/h1-2,5-6,9-10,12H,3-4,11H2,(H,25,27,31)(H2,26,28,30)/t20-/m0/s1. The number of alkyl halides is 3. The first kappa shape index (κ1) is 19.2. The van der Waals surface area contributed by atoms with E-state index in [-0.39, 0.29) is 23.7 Å². The zero-order valence-corrected chi connectivity index (χ0v) is 16.0. The number of halogens is 3. The van der Waals surface area contributed by atoms with Crippen LogP contribution < -0.4 is 16.3 Å². The van der Waals surface area contributed by atoms with Crippen molar-refractivity contribution in [2.45, 2.75) is 31.1 Å². The lowest BCUT2D eigenvalue weighted by atomic mass is 9.85. The third-order valence-corrected chi connectivity index (χ3v) is 5.39. The number of urea groups is 1. The van der Waals surface area contributed by atoms with Crippen LogP contribution in [-0.4, -0.2) is 26.7 Å². The SMILES string of the molecule is O=C1Nc2cc(Cn3c(=O)[nH]c4ncccc43)ccc2[C@@](C#CC2CC2)(C(F)(F)F)N1. The lowest BCUT2D eigenvalue weighted by Gasteiger charge is -2.37. The zero-order valence-electron chi connectivity index (χ0n) is 16.0. The van der Waals surface area contributed by atoms with Crippen molar-refractivity contribution < 1.29 is 18.0 Å². The number of carbonyl (C=O) groups is 1. The van der Waals surface area contributed by atoms with Crippen molar-refractivity contribution in [3.8, 4) is 11.8 Å². The minimum atomic E-state index is -4.82. The summed E-state index contributed by atoms with van der Waals surface area (Å²) in [5, 5.41) is 4.43. The van der Waals surface area contributed by atoms with Gasteiger partial charge in [0.1, 0.15) is 0 Å². The molecule has 3 heterocycles. The fraction of sp³-hybridized carbons (Fsp3) is 0.286.